The largest absolute Gasteiger partial charge is 0.481 e. The summed E-state index contributed by atoms with van der Waals surface area (Å²) in [5.74, 6) is -1.86. The van der Waals surface area contributed by atoms with E-state index >= 15 is 0 Å². The van der Waals surface area contributed by atoms with Crippen molar-refractivity contribution in [3.63, 3.8) is 0 Å². The molecule has 0 saturated carbocycles. The summed E-state index contributed by atoms with van der Waals surface area (Å²) in [7, 11) is 0. The van der Waals surface area contributed by atoms with Gasteiger partial charge in [0.1, 0.15) is 11.2 Å². The lowest BCUT2D eigenvalue weighted by Gasteiger charge is -2.43. The average molecular weight is 396 g/mol. The van der Waals surface area contributed by atoms with Gasteiger partial charge in [-0.1, -0.05) is 18.2 Å². The van der Waals surface area contributed by atoms with Crippen molar-refractivity contribution in [2.45, 2.75) is 18.9 Å². The third kappa shape index (κ3) is 3.38. The minimum absolute atomic E-state index is 0.00190. The first-order valence-corrected chi connectivity index (χ1v) is 9.42. The van der Waals surface area contributed by atoms with Crippen LogP contribution in [0.2, 0.25) is 0 Å². The number of carboxylic acid groups (broad SMARTS) is 1. The standard InChI is InChI=1S/C22H21FN2O4/c23-15-6-4-14(5-7-15)12-22(21(28)29)13-25(11-9-19(22)26)20(27)17-2-1-3-18-16(17)8-10-24-18/h1-8,10,19,24,26H,9,11-13H2,(H,28,29)/t19-,22-/m1/s1. The summed E-state index contributed by atoms with van der Waals surface area (Å²) in [6, 6.07) is 12.7. The van der Waals surface area contributed by atoms with Gasteiger partial charge in [-0.2, -0.15) is 0 Å². The topological polar surface area (TPSA) is 93.6 Å². The van der Waals surface area contributed by atoms with Crippen LogP contribution in [0.5, 0.6) is 0 Å². The van der Waals surface area contributed by atoms with Crippen molar-refractivity contribution in [2.24, 2.45) is 5.41 Å². The minimum Gasteiger partial charge on any atom is -0.481 e. The quantitative estimate of drug-likeness (QED) is 0.632. The Labute approximate surface area is 166 Å². The number of amides is 1. The second kappa shape index (κ2) is 7.33. The molecule has 6 nitrogen and oxygen atoms in total. The van der Waals surface area contributed by atoms with Gasteiger partial charge in [0, 0.05) is 35.8 Å². The summed E-state index contributed by atoms with van der Waals surface area (Å²) >= 11 is 0. The van der Waals surface area contributed by atoms with E-state index in [2.05, 4.69) is 4.98 Å². The Bertz CT molecular complexity index is 1060. The van der Waals surface area contributed by atoms with Crippen LogP contribution in [0.25, 0.3) is 10.9 Å². The van der Waals surface area contributed by atoms with Crippen LogP contribution in [0.4, 0.5) is 4.39 Å². The van der Waals surface area contributed by atoms with Gasteiger partial charge >= 0.3 is 5.97 Å². The van der Waals surface area contributed by atoms with E-state index < -0.39 is 23.3 Å². The molecule has 0 bridgehead atoms. The van der Waals surface area contributed by atoms with Crippen LogP contribution in [0, 0.1) is 11.2 Å². The number of aliphatic hydroxyl groups excluding tert-OH is 1. The monoisotopic (exact) mass is 396 g/mol. The van der Waals surface area contributed by atoms with E-state index in [1.165, 1.54) is 29.2 Å². The molecule has 0 radical (unpaired) electrons. The lowest BCUT2D eigenvalue weighted by atomic mass is 9.72. The van der Waals surface area contributed by atoms with Crippen LogP contribution < -0.4 is 0 Å². The van der Waals surface area contributed by atoms with Gasteiger partial charge in [-0.25, -0.2) is 4.39 Å². The second-order valence-electron chi connectivity index (χ2n) is 7.54. The summed E-state index contributed by atoms with van der Waals surface area (Å²) in [4.78, 5) is 30.0. The van der Waals surface area contributed by atoms with Crippen LogP contribution in [-0.2, 0) is 11.2 Å². The fourth-order valence-corrected chi connectivity index (χ4v) is 4.12. The molecule has 2 atom stereocenters. The first-order chi connectivity index (χ1) is 13.9. The number of rotatable bonds is 4. The molecule has 29 heavy (non-hydrogen) atoms. The van der Waals surface area contributed by atoms with Crippen LogP contribution in [-0.4, -0.2) is 51.2 Å². The number of carboxylic acids is 1. The summed E-state index contributed by atoms with van der Waals surface area (Å²) in [5, 5.41) is 21.4. The summed E-state index contributed by atoms with van der Waals surface area (Å²) in [5.41, 5.74) is 0.345. The zero-order chi connectivity index (χ0) is 20.6. The van der Waals surface area contributed by atoms with Crippen LogP contribution in [0.15, 0.2) is 54.7 Å². The zero-order valence-electron chi connectivity index (χ0n) is 15.6. The zero-order valence-corrected chi connectivity index (χ0v) is 15.6. The number of aromatic nitrogens is 1. The number of benzene rings is 2. The van der Waals surface area contributed by atoms with E-state index in [0.29, 0.717) is 11.1 Å². The van der Waals surface area contributed by atoms with Gasteiger partial charge in [-0.3, -0.25) is 9.59 Å². The first-order valence-electron chi connectivity index (χ1n) is 9.42. The number of hydrogen-bond acceptors (Lipinski definition) is 3. The van der Waals surface area contributed by atoms with E-state index in [1.54, 1.807) is 18.3 Å². The second-order valence-corrected chi connectivity index (χ2v) is 7.54. The molecule has 3 aromatic rings. The fraction of sp³-hybridized carbons (Fsp3) is 0.273. The third-order valence-corrected chi connectivity index (χ3v) is 5.75. The molecule has 150 valence electrons. The molecule has 1 aliphatic heterocycles. The molecule has 7 heteroatoms. The number of aliphatic carboxylic acids is 1. The Kier molecular flexibility index (Phi) is 4.84. The molecule has 1 fully saturated rings. The highest BCUT2D eigenvalue weighted by molar-refractivity contribution is 6.06. The predicted octanol–water partition coefficient (Wildman–Crippen LogP) is 2.83. The van der Waals surface area contributed by atoms with Crippen molar-refractivity contribution in [3.05, 3.63) is 71.7 Å². The fourth-order valence-electron chi connectivity index (χ4n) is 4.12. The van der Waals surface area contributed by atoms with E-state index in [9.17, 15) is 24.2 Å². The summed E-state index contributed by atoms with van der Waals surface area (Å²) in [6.45, 7) is 0.139. The number of carbonyl (C=O) groups excluding carboxylic acids is 1. The van der Waals surface area contributed by atoms with Gasteiger partial charge in [-0.05, 0) is 48.7 Å². The van der Waals surface area contributed by atoms with Gasteiger partial charge in [0.15, 0.2) is 0 Å². The van der Waals surface area contributed by atoms with Crippen molar-refractivity contribution < 1.29 is 24.2 Å². The van der Waals surface area contributed by atoms with Crippen LogP contribution in [0.3, 0.4) is 0 Å². The lowest BCUT2D eigenvalue weighted by molar-refractivity contribution is -0.161. The Hall–Kier alpha value is -3.19. The number of hydrogen-bond donors (Lipinski definition) is 3. The van der Waals surface area contributed by atoms with Crippen molar-refractivity contribution in [2.75, 3.05) is 13.1 Å². The normalized spacial score (nSPS) is 22.0. The van der Waals surface area contributed by atoms with Crippen molar-refractivity contribution in [3.8, 4) is 0 Å². The van der Waals surface area contributed by atoms with Gasteiger partial charge in [0.25, 0.3) is 5.91 Å². The maximum Gasteiger partial charge on any atom is 0.314 e. The van der Waals surface area contributed by atoms with E-state index in [1.807, 2.05) is 12.1 Å². The highest BCUT2D eigenvalue weighted by Gasteiger charge is 2.50. The molecule has 0 unspecified atom stereocenters. The molecule has 1 saturated heterocycles. The number of nitrogens with one attached hydrogen (secondary N) is 1. The van der Waals surface area contributed by atoms with Gasteiger partial charge in [-0.15, -0.1) is 0 Å². The SMILES string of the molecule is O=C(c1cccc2[nH]ccc12)N1CC[C@@H](O)[C@](Cc2ccc(F)cc2)(C(=O)O)C1. The van der Waals surface area contributed by atoms with Gasteiger partial charge < -0.3 is 20.1 Å². The van der Waals surface area contributed by atoms with Crippen LogP contribution in [0.1, 0.15) is 22.3 Å². The Morgan fingerprint density at radius 1 is 1.17 bits per heavy atom. The third-order valence-electron chi connectivity index (χ3n) is 5.75. The molecular weight excluding hydrogens is 375 g/mol. The van der Waals surface area contributed by atoms with Crippen molar-refractivity contribution >= 4 is 22.8 Å². The Morgan fingerprint density at radius 3 is 2.66 bits per heavy atom. The van der Waals surface area contributed by atoms with Crippen molar-refractivity contribution in [1.82, 2.24) is 9.88 Å². The molecule has 1 amide bonds. The molecule has 1 aliphatic rings. The number of likely N-dealkylation sites (tertiary alicyclic amines) is 1. The lowest BCUT2D eigenvalue weighted by Crippen LogP contribution is -2.58. The molecule has 1 aromatic heterocycles. The van der Waals surface area contributed by atoms with E-state index in [0.717, 1.165) is 10.9 Å². The predicted molar refractivity (Wildman–Crippen MR) is 105 cm³/mol. The first kappa shape index (κ1) is 19.1. The molecule has 4 rings (SSSR count). The molecule has 3 N–H and O–H groups in total. The maximum absolute atomic E-state index is 13.2. The van der Waals surface area contributed by atoms with E-state index in [4.69, 9.17) is 0 Å². The number of H-pyrrole nitrogens is 1. The number of fused-ring (bicyclic) bond motifs is 1. The van der Waals surface area contributed by atoms with Crippen molar-refractivity contribution in [1.29, 1.82) is 0 Å². The molecule has 0 spiro atoms. The Morgan fingerprint density at radius 2 is 1.93 bits per heavy atom. The summed E-state index contributed by atoms with van der Waals surface area (Å²) < 4.78 is 13.2. The number of piperidine rings is 1. The molecule has 0 aliphatic carbocycles. The Balaban J connectivity index is 1.66. The summed E-state index contributed by atoms with van der Waals surface area (Å²) in [6.07, 6.45) is 0.791. The number of carbonyl (C=O) groups is 2. The smallest absolute Gasteiger partial charge is 0.314 e. The minimum atomic E-state index is -1.56. The number of halogens is 1. The molecule has 2 heterocycles. The average Bonchev–Trinajstić information content (AvgIpc) is 3.19. The number of aliphatic hydroxyl groups is 1. The van der Waals surface area contributed by atoms with E-state index in [-0.39, 0.29) is 31.8 Å². The molecule has 2 aromatic carbocycles. The highest BCUT2D eigenvalue weighted by Crippen LogP contribution is 2.36. The highest BCUT2D eigenvalue weighted by atomic mass is 19.1. The van der Waals surface area contributed by atoms with Gasteiger partial charge in [0.05, 0.1) is 6.10 Å². The number of aromatic amines is 1. The maximum atomic E-state index is 13.2. The molecular formula is C22H21FN2O4. The number of nitrogens with zero attached hydrogens (tertiary/aromatic N) is 1. The van der Waals surface area contributed by atoms with Gasteiger partial charge in [0.2, 0.25) is 0 Å². The van der Waals surface area contributed by atoms with Crippen LogP contribution >= 0.6 is 0 Å².